The van der Waals surface area contributed by atoms with E-state index < -0.39 is 59.5 Å². The van der Waals surface area contributed by atoms with Gasteiger partial charge in [-0.25, -0.2) is 0 Å². The Morgan fingerprint density at radius 2 is 1.77 bits per heavy atom. The highest BCUT2D eigenvalue weighted by Crippen LogP contribution is 2.54. The second kappa shape index (κ2) is 13.6. The van der Waals surface area contributed by atoms with E-state index in [-0.39, 0.29) is 37.9 Å². The Kier molecular flexibility index (Phi) is 9.55. The number of cyclic esters (lactones) is 1. The maximum atomic E-state index is 14.8. The zero-order valence-corrected chi connectivity index (χ0v) is 27.2. The molecule has 47 heavy (non-hydrogen) atoms. The number of benzene rings is 2. The number of hydrogen-bond donors (Lipinski definition) is 2. The molecule has 11 heteroatoms. The van der Waals surface area contributed by atoms with E-state index >= 15 is 0 Å². The lowest BCUT2D eigenvalue weighted by atomic mass is 9.77. The van der Waals surface area contributed by atoms with Crippen molar-refractivity contribution in [1.29, 1.82) is 0 Å². The van der Waals surface area contributed by atoms with E-state index in [1.54, 1.807) is 48.6 Å². The fraction of sp³-hybridized carbons (Fsp3) is 0.444. The number of allylic oxidation sites excluding steroid dienone is 1. The van der Waals surface area contributed by atoms with Gasteiger partial charge >= 0.3 is 5.97 Å². The normalized spacial score (nSPS) is 30.8. The van der Waals surface area contributed by atoms with Crippen LogP contribution >= 0.6 is 11.6 Å². The predicted octanol–water partition coefficient (Wildman–Crippen LogP) is 3.98. The number of amides is 3. The molecule has 4 aliphatic rings. The van der Waals surface area contributed by atoms with Crippen molar-refractivity contribution in [2.45, 2.75) is 63.0 Å². The molecule has 1 spiro atoms. The molecular formula is C36H40ClN3O7. The summed E-state index contributed by atoms with van der Waals surface area (Å²) in [6.07, 6.45) is 6.29. The smallest absolute Gasteiger partial charge is 0.313 e. The van der Waals surface area contributed by atoms with Gasteiger partial charge in [-0.3, -0.25) is 19.2 Å². The highest BCUT2D eigenvalue weighted by atomic mass is 35.5. The summed E-state index contributed by atoms with van der Waals surface area (Å²) >= 11 is 6.57. The largest absolute Gasteiger partial charge is 0.455 e. The van der Waals surface area contributed by atoms with Crippen molar-refractivity contribution in [2.75, 3.05) is 24.6 Å². The van der Waals surface area contributed by atoms with Crippen molar-refractivity contribution < 1.29 is 33.8 Å². The van der Waals surface area contributed by atoms with Crippen molar-refractivity contribution in [3.8, 4) is 0 Å². The average Bonchev–Trinajstić information content (AvgIpc) is 3.45. The van der Waals surface area contributed by atoms with Crippen molar-refractivity contribution in [3.05, 3.63) is 89.5 Å². The van der Waals surface area contributed by atoms with Crippen LogP contribution in [0.3, 0.4) is 0 Å². The molecule has 4 aliphatic heterocycles. The number of ether oxygens (including phenoxy) is 2. The van der Waals surface area contributed by atoms with Gasteiger partial charge in [0.1, 0.15) is 23.7 Å². The molecule has 2 aromatic carbocycles. The molecule has 248 valence electrons. The topological polar surface area (TPSA) is 125 Å². The SMILES string of the molecule is CC(C)C[C@H](CO)N1C(=O)[C@H]2[C@@H]3C(=O)O[C@@H](c4ccccc4)CNC(=O)CC/C=C\[C@@H]3O[C@]23C=CCN(c2ccccc2Cl)C(=O)[C@H]13. The van der Waals surface area contributed by atoms with Crippen LogP contribution in [-0.2, 0) is 28.7 Å². The van der Waals surface area contributed by atoms with Gasteiger partial charge in [0.05, 0.1) is 41.9 Å². The summed E-state index contributed by atoms with van der Waals surface area (Å²) in [5.74, 6) is -3.86. The Bertz CT molecular complexity index is 1580. The monoisotopic (exact) mass is 661 g/mol. The molecule has 2 N–H and O–H groups in total. The van der Waals surface area contributed by atoms with Crippen LogP contribution in [0.15, 0.2) is 78.9 Å². The van der Waals surface area contributed by atoms with Gasteiger partial charge in [-0.15, -0.1) is 0 Å². The lowest BCUT2D eigenvalue weighted by Gasteiger charge is -2.39. The molecule has 0 aromatic heterocycles. The summed E-state index contributed by atoms with van der Waals surface area (Å²) in [5.41, 5.74) is -0.370. The predicted molar refractivity (Wildman–Crippen MR) is 175 cm³/mol. The number of aliphatic hydroxyl groups is 1. The quantitative estimate of drug-likeness (QED) is 0.354. The minimum absolute atomic E-state index is 0.0568. The maximum absolute atomic E-state index is 14.8. The van der Waals surface area contributed by atoms with E-state index in [2.05, 4.69) is 5.32 Å². The molecular weight excluding hydrogens is 622 g/mol. The molecule has 0 bridgehead atoms. The van der Waals surface area contributed by atoms with Gasteiger partial charge in [0, 0.05) is 13.0 Å². The van der Waals surface area contributed by atoms with Gasteiger partial charge in [-0.1, -0.05) is 92.2 Å². The zero-order valence-electron chi connectivity index (χ0n) is 26.5. The zero-order chi connectivity index (χ0) is 33.3. The molecule has 10 nitrogen and oxygen atoms in total. The van der Waals surface area contributed by atoms with Crippen LogP contribution in [0, 0.1) is 17.8 Å². The van der Waals surface area contributed by atoms with Gasteiger partial charge in [-0.05, 0) is 36.5 Å². The highest BCUT2D eigenvalue weighted by molar-refractivity contribution is 6.34. The number of likely N-dealkylation sites (tertiary alicyclic amines) is 1. The Morgan fingerprint density at radius 1 is 1.02 bits per heavy atom. The van der Waals surface area contributed by atoms with E-state index in [9.17, 15) is 24.3 Å². The number of carbonyl (C=O) groups is 4. The van der Waals surface area contributed by atoms with E-state index in [0.29, 0.717) is 29.1 Å². The fourth-order valence-electron chi connectivity index (χ4n) is 7.45. The Morgan fingerprint density at radius 3 is 2.49 bits per heavy atom. The molecule has 2 fully saturated rings. The third-order valence-electron chi connectivity index (χ3n) is 9.47. The molecule has 0 aliphatic carbocycles. The molecule has 6 rings (SSSR count). The van der Waals surface area contributed by atoms with Crippen molar-refractivity contribution in [1.82, 2.24) is 10.2 Å². The first-order valence-corrected chi connectivity index (χ1v) is 16.6. The Hall–Kier alpha value is -3.99. The number of nitrogens with zero attached hydrogens (tertiary/aromatic N) is 2. The van der Waals surface area contributed by atoms with E-state index in [0.717, 1.165) is 0 Å². The Labute approximate surface area is 279 Å². The first-order chi connectivity index (χ1) is 22.7. The molecule has 7 atom stereocenters. The van der Waals surface area contributed by atoms with Crippen LogP contribution < -0.4 is 10.2 Å². The first kappa shape index (κ1) is 32.9. The van der Waals surface area contributed by atoms with Gasteiger partial charge < -0.3 is 29.7 Å². The average molecular weight is 662 g/mol. The van der Waals surface area contributed by atoms with Crippen LogP contribution in [-0.4, -0.2) is 77.2 Å². The summed E-state index contributed by atoms with van der Waals surface area (Å²) in [7, 11) is 0. The number of halogens is 1. The lowest BCUT2D eigenvalue weighted by molar-refractivity contribution is -0.160. The van der Waals surface area contributed by atoms with Gasteiger partial charge in [0.15, 0.2) is 0 Å². The van der Waals surface area contributed by atoms with E-state index in [1.807, 2.05) is 44.2 Å². The number of anilines is 1. The maximum Gasteiger partial charge on any atom is 0.313 e. The molecule has 2 saturated heterocycles. The van der Waals surface area contributed by atoms with Crippen LogP contribution in [0.5, 0.6) is 0 Å². The number of nitrogens with one attached hydrogen (secondary N) is 1. The van der Waals surface area contributed by atoms with Crippen molar-refractivity contribution in [2.24, 2.45) is 17.8 Å². The highest BCUT2D eigenvalue weighted by Gasteiger charge is 2.72. The first-order valence-electron chi connectivity index (χ1n) is 16.2. The number of para-hydroxylation sites is 1. The minimum atomic E-state index is -1.54. The molecule has 4 heterocycles. The molecule has 3 amide bonds. The summed E-state index contributed by atoms with van der Waals surface area (Å²) < 4.78 is 12.9. The van der Waals surface area contributed by atoms with Crippen molar-refractivity contribution in [3.63, 3.8) is 0 Å². The summed E-state index contributed by atoms with van der Waals surface area (Å²) in [5, 5.41) is 13.9. The van der Waals surface area contributed by atoms with Crippen LogP contribution in [0.4, 0.5) is 5.69 Å². The van der Waals surface area contributed by atoms with Crippen LogP contribution in [0.25, 0.3) is 0 Å². The fourth-order valence-corrected chi connectivity index (χ4v) is 7.68. The number of hydrogen-bond acceptors (Lipinski definition) is 7. The van der Waals surface area contributed by atoms with Gasteiger partial charge in [-0.2, -0.15) is 0 Å². The second-order valence-corrected chi connectivity index (χ2v) is 13.4. The molecule has 2 aromatic rings. The van der Waals surface area contributed by atoms with Gasteiger partial charge in [0.2, 0.25) is 11.8 Å². The van der Waals surface area contributed by atoms with Crippen LogP contribution in [0.1, 0.15) is 44.8 Å². The van der Waals surface area contributed by atoms with Crippen molar-refractivity contribution >= 4 is 41.0 Å². The Balaban J connectivity index is 1.47. The second-order valence-electron chi connectivity index (χ2n) is 13.0. The lowest BCUT2D eigenvalue weighted by Crippen LogP contribution is -2.58. The van der Waals surface area contributed by atoms with Gasteiger partial charge in [0.25, 0.3) is 5.91 Å². The van der Waals surface area contributed by atoms with E-state index in [1.165, 1.54) is 9.80 Å². The number of fused-ring (bicyclic) bond motifs is 2. The molecule has 0 unspecified atom stereocenters. The number of esters is 1. The third-order valence-corrected chi connectivity index (χ3v) is 9.79. The number of carbonyl (C=O) groups excluding carboxylic acids is 4. The minimum Gasteiger partial charge on any atom is -0.455 e. The third kappa shape index (κ3) is 6.10. The van der Waals surface area contributed by atoms with E-state index in [4.69, 9.17) is 21.1 Å². The number of rotatable bonds is 6. The van der Waals surface area contributed by atoms with Crippen LogP contribution in [0.2, 0.25) is 5.02 Å². The summed E-state index contributed by atoms with van der Waals surface area (Å²) in [4.78, 5) is 59.5. The summed E-state index contributed by atoms with van der Waals surface area (Å²) in [6, 6.07) is 14.2. The summed E-state index contributed by atoms with van der Waals surface area (Å²) in [6.45, 7) is 3.80. The standard InChI is InChI=1S/C36H40ClN3O7/c1-22(2)19-24(21-41)40-32-34(44)39(26-14-7-6-13-25(26)37)18-10-17-36(32)31(33(40)43)30-27(47-36)15-8-9-16-29(42)38-20-28(46-35(30)45)23-11-4-3-5-12-23/h3-8,10-15,17,22,24,27-28,30-32,41H,9,16,18-21H2,1-2H3,(H,38,42)/b15-8-/t24-,27+,28-,30-,31-,32+,36-/m1/s1. The number of aliphatic hydroxyl groups excluding tert-OH is 1. The molecule has 0 saturated carbocycles. The molecule has 0 radical (unpaired) electrons.